The lowest BCUT2D eigenvalue weighted by Crippen LogP contribution is -2.38. The fraction of sp³-hybridized carbons (Fsp3) is 0.714. The summed E-state index contributed by atoms with van der Waals surface area (Å²) in [6.45, 7) is -0.508. The van der Waals surface area contributed by atoms with Crippen molar-refractivity contribution < 1.29 is 32.2 Å². The Morgan fingerprint density at radius 2 is 1.81 bits per heavy atom. The highest BCUT2D eigenvalue weighted by atomic mass is 19.4. The van der Waals surface area contributed by atoms with Crippen LogP contribution in [-0.4, -0.2) is 44.5 Å². The molecular weight excluding hydrogens is 233 g/mol. The van der Waals surface area contributed by atoms with Gasteiger partial charge >= 0.3 is 18.2 Å². The summed E-state index contributed by atoms with van der Waals surface area (Å²) in [6, 6.07) is 0. The van der Waals surface area contributed by atoms with Crippen molar-refractivity contribution in [2.45, 2.75) is 6.18 Å². The predicted molar refractivity (Wildman–Crippen MR) is 45.4 cm³/mol. The molecule has 0 saturated heterocycles. The summed E-state index contributed by atoms with van der Waals surface area (Å²) in [5.74, 6) is -2.02. The molecule has 0 atom stereocenters. The number of rotatable bonds is 6. The third-order valence-electron chi connectivity index (χ3n) is 1.26. The number of nitrogens with two attached hydrogens (primary N) is 1. The number of hydrogen-bond donors (Lipinski definition) is 2. The van der Waals surface area contributed by atoms with E-state index in [2.05, 4.69) is 10.5 Å². The van der Waals surface area contributed by atoms with Crippen molar-refractivity contribution in [2.24, 2.45) is 5.73 Å². The van der Waals surface area contributed by atoms with E-state index >= 15 is 0 Å². The van der Waals surface area contributed by atoms with Gasteiger partial charge in [-0.15, -0.1) is 0 Å². The minimum atomic E-state index is -4.89. The van der Waals surface area contributed by atoms with Gasteiger partial charge in [-0.1, -0.05) is 0 Å². The summed E-state index contributed by atoms with van der Waals surface area (Å²) in [4.78, 5) is 20.3. The molecule has 2 amide bonds. The van der Waals surface area contributed by atoms with Crippen molar-refractivity contribution in [3.63, 3.8) is 0 Å². The number of halogens is 3. The predicted octanol–water partition coefficient (Wildman–Crippen LogP) is -0.223. The SMILES string of the molecule is NC(=O)OCCOCCNC(=O)C(F)(F)F. The van der Waals surface area contributed by atoms with E-state index in [1.54, 1.807) is 5.32 Å². The second-order valence-corrected chi connectivity index (χ2v) is 2.53. The molecule has 0 aromatic rings. The van der Waals surface area contributed by atoms with Crippen molar-refractivity contribution in [3.8, 4) is 0 Å². The van der Waals surface area contributed by atoms with Crippen LogP contribution in [0.2, 0.25) is 0 Å². The maximum atomic E-state index is 11.6. The molecule has 3 N–H and O–H groups in total. The lowest BCUT2D eigenvalue weighted by atomic mass is 10.5. The molecular formula is C7H11F3N2O4. The summed E-state index contributed by atoms with van der Waals surface area (Å²) in [5.41, 5.74) is 4.62. The van der Waals surface area contributed by atoms with Crippen molar-refractivity contribution in [2.75, 3.05) is 26.4 Å². The van der Waals surface area contributed by atoms with Gasteiger partial charge in [-0.2, -0.15) is 13.2 Å². The maximum Gasteiger partial charge on any atom is 0.471 e. The van der Waals surface area contributed by atoms with E-state index in [1.165, 1.54) is 0 Å². The molecule has 0 bridgehead atoms. The number of alkyl halides is 3. The highest BCUT2D eigenvalue weighted by molar-refractivity contribution is 5.81. The Labute approximate surface area is 88.9 Å². The van der Waals surface area contributed by atoms with Gasteiger partial charge in [0.1, 0.15) is 6.61 Å². The first-order valence-electron chi connectivity index (χ1n) is 4.19. The summed E-state index contributed by atoms with van der Waals surface area (Å²) < 4.78 is 43.9. The molecule has 0 aliphatic carbocycles. The van der Waals surface area contributed by atoms with Crippen LogP contribution in [0.15, 0.2) is 0 Å². The van der Waals surface area contributed by atoms with Crippen LogP contribution < -0.4 is 11.1 Å². The molecule has 0 saturated carbocycles. The number of carbonyl (C=O) groups excluding carboxylic acids is 2. The van der Waals surface area contributed by atoms with Gasteiger partial charge in [0, 0.05) is 6.54 Å². The Balaban J connectivity index is 3.34. The van der Waals surface area contributed by atoms with Crippen molar-refractivity contribution in [1.82, 2.24) is 5.32 Å². The van der Waals surface area contributed by atoms with Gasteiger partial charge in [0.15, 0.2) is 0 Å². The average molecular weight is 244 g/mol. The van der Waals surface area contributed by atoms with Crippen LogP contribution in [0.25, 0.3) is 0 Å². The van der Waals surface area contributed by atoms with Crippen molar-refractivity contribution in [1.29, 1.82) is 0 Å². The summed E-state index contributed by atoms with van der Waals surface area (Å²) >= 11 is 0. The Bertz CT molecular complexity index is 244. The Hall–Kier alpha value is -1.51. The molecule has 0 aromatic heterocycles. The Morgan fingerprint density at radius 1 is 1.19 bits per heavy atom. The smallest absolute Gasteiger partial charge is 0.447 e. The zero-order valence-electron chi connectivity index (χ0n) is 8.17. The third kappa shape index (κ3) is 7.85. The minimum absolute atomic E-state index is 0.00910. The normalized spacial score (nSPS) is 10.9. The second-order valence-electron chi connectivity index (χ2n) is 2.53. The zero-order valence-corrected chi connectivity index (χ0v) is 8.17. The monoisotopic (exact) mass is 244 g/mol. The van der Waals surface area contributed by atoms with E-state index in [4.69, 9.17) is 4.74 Å². The highest BCUT2D eigenvalue weighted by Gasteiger charge is 2.38. The molecule has 0 unspecified atom stereocenters. The highest BCUT2D eigenvalue weighted by Crippen LogP contribution is 2.13. The maximum absolute atomic E-state index is 11.6. The van der Waals surface area contributed by atoms with Gasteiger partial charge in [-0.25, -0.2) is 4.79 Å². The first-order chi connectivity index (χ1) is 7.34. The number of amides is 2. The van der Waals surface area contributed by atoms with E-state index in [0.717, 1.165) is 0 Å². The number of hydrogen-bond acceptors (Lipinski definition) is 4. The van der Waals surface area contributed by atoms with E-state index in [1.807, 2.05) is 0 Å². The minimum Gasteiger partial charge on any atom is -0.447 e. The standard InChI is InChI=1S/C7H11F3N2O4/c8-7(9,10)5(13)12-1-2-15-3-4-16-6(11)14/h1-4H2,(H2,11,14)(H,12,13). The van der Waals surface area contributed by atoms with Crippen molar-refractivity contribution >= 4 is 12.0 Å². The van der Waals surface area contributed by atoms with Gasteiger partial charge in [0.2, 0.25) is 0 Å². The van der Waals surface area contributed by atoms with Crippen LogP contribution in [-0.2, 0) is 14.3 Å². The number of ether oxygens (including phenoxy) is 2. The fourth-order valence-electron chi connectivity index (χ4n) is 0.640. The van der Waals surface area contributed by atoms with Crippen LogP contribution >= 0.6 is 0 Å². The van der Waals surface area contributed by atoms with E-state index in [9.17, 15) is 22.8 Å². The van der Waals surface area contributed by atoms with Crippen LogP contribution in [0.1, 0.15) is 0 Å². The summed E-state index contributed by atoms with van der Waals surface area (Å²) in [7, 11) is 0. The molecule has 0 heterocycles. The number of primary amides is 1. The topological polar surface area (TPSA) is 90.7 Å². The van der Waals surface area contributed by atoms with Gasteiger partial charge in [0.25, 0.3) is 0 Å². The van der Waals surface area contributed by atoms with Crippen LogP contribution in [0.5, 0.6) is 0 Å². The summed E-state index contributed by atoms with van der Waals surface area (Å²) in [5, 5.41) is 1.60. The van der Waals surface area contributed by atoms with Crippen LogP contribution in [0.3, 0.4) is 0 Å². The molecule has 0 fully saturated rings. The third-order valence-corrected chi connectivity index (χ3v) is 1.26. The molecule has 94 valence electrons. The zero-order chi connectivity index (χ0) is 12.6. The number of carbonyl (C=O) groups is 2. The van der Waals surface area contributed by atoms with E-state index in [-0.39, 0.29) is 26.4 Å². The average Bonchev–Trinajstić information content (AvgIpc) is 2.14. The first-order valence-corrected chi connectivity index (χ1v) is 4.19. The quantitative estimate of drug-likeness (QED) is 0.632. The lowest BCUT2D eigenvalue weighted by molar-refractivity contribution is -0.173. The largest absolute Gasteiger partial charge is 0.471 e. The van der Waals surface area contributed by atoms with Crippen LogP contribution in [0, 0.1) is 0 Å². The molecule has 6 nitrogen and oxygen atoms in total. The van der Waals surface area contributed by atoms with Gasteiger partial charge in [-0.05, 0) is 0 Å². The first kappa shape index (κ1) is 14.5. The Kier molecular flexibility index (Phi) is 6.23. The molecule has 0 aliphatic rings. The molecule has 16 heavy (non-hydrogen) atoms. The van der Waals surface area contributed by atoms with Crippen molar-refractivity contribution in [3.05, 3.63) is 0 Å². The molecule has 0 aliphatic heterocycles. The van der Waals surface area contributed by atoms with Gasteiger partial charge in [0.05, 0.1) is 13.2 Å². The van der Waals surface area contributed by atoms with Gasteiger partial charge < -0.3 is 20.5 Å². The molecule has 0 rings (SSSR count). The fourth-order valence-corrected chi connectivity index (χ4v) is 0.640. The van der Waals surface area contributed by atoms with Gasteiger partial charge in [-0.3, -0.25) is 4.79 Å². The Morgan fingerprint density at radius 3 is 2.31 bits per heavy atom. The molecule has 0 aromatic carbocycles. The van der Waals surface area contributed by atoms with E-state index in [0.29, 0.717) is 0 Å². The molecule has 0 spiro atoms. The van der Waals surface area contributed by atoms with Crippen LogP contribution in [0.4, 0.5) is 18.0 Å². The summed E-state index contributed by atoms with van der Waals surface area (Å²) in [6.07, 6.45) is -5.86. The number of nitrogens with one attached hydrogen (secondary N) is 1. The van der Waals surface area contributed by atoms with E-state index < -0.39 is 18.2 Å². The molecule has 0 radical (unpaired) electrons. The lowest BCUT2D eigenvalue weighted by Gasteiger charge is -2.08. The molecule has 9 heteroatoms. The second kappa shape index (κ2) is 6.88.